The van der Waals surface area contributed by atoms with Gasteiger partial charge in [0.25, 0.3) is 0 Å². The normalized spacial score (nSPS) is 12.4. The Morgan fingerprint density at radius 2 is 1.83 bits per heavy atom. The van der Waals surface area contributed by atoms with Crippen LogP contribution >= 0.6 is 15.9 Å². The van der Waals surface area contributed by atoms with Gasteiger partial charge in [0.05, 0.1) is 6.04 Å². The van der Waals surface area contributed by atoms with Crippen molar-refractivity contribution in [2.24, 2.45) is 0 Å². The van der Waals surface area contributed by atoms with Crippen molar-refractivity contribution in [3.05, 3.63) is 69.4 Å². The van der Waals surface area contributed by atoms with Gasteiger partial charge in [-0.05, 0) is 48.9 Å². The molecule has 2 rings (SSSR count). The molecule has 0 amide bonds. The van der Waals surface area contributed by atoms with E-state index in [1.807, 2.05) is 31.3 Å². The lowest BCUT2D eigenvalue weighted by atomic mass is 9.97. The Balaban J connectivity index is 2.42. The lowest BCUT2D eigenvalue weighted by Gasteiger charge is -2.18. The molecule has 0 aliphatic rings. The Kier molecular flexibility index (Phi) is 4.15. The maximum atomic E-state index is 13.3. The fraction of sp³-hybridized carbons (Fsp3) is 0.200. The molecule has 94 valence electrons. The van der Waals surface area contributed by atoms with Crippen LogP contribution in [0.4, 0.5) is 4.39 Å². The third-order valence-corrected chi connectivity index (χ3v) is 3.48. The van der Waals surface area contributed by atoms with Crippen LogP contribution in [0.5, 0.6) is 0 Å². The first-order chi connectivity index (χ1) is 8.61. The highest BCUT2D eigenvalue weighted by Crippen LogP contribution is 2.25. The first-order valence-corrected chi connectivity index (χ1v) is 6.60. The molecule has 1 nitrogen and oxygen atoms in total. The summed E-state index contributed by atoms with van der Waals surface area (Å²) in [4.78, 5) is 0. The summed E-state index contributed by atoms with van der Waals surface area (Å²) < 4.78 is 14.3. The molecule has 2 aromatic carbocycles. The van der Waals surface area contributed by atoms with Crippen molar-refractivity contribution in [1.29, 1.82) is 0 Å². The second-order valence-corrected chi connectivity index (χ2v) is 5.20. The van der Waals surface area contributed by atoms with Gasteiger partial charge in [-0.1, -0.05) is 40.2 Å². The predicted molar refractivity (Wildman–Crippen MR) is 76.2 cm³/mol. The number of rotatable bonds is 3. The summed E-state index contributed by atoms with van der Waals surface area (Å²) >= 11 is 3.47. The van der Waals surface area contributed by atoms with Crippen LogP contribution in [0.25, 0.3) is 0 Å². The van der Waals surface area contributed by atoms with Gasteiger partial charge in [0.15, 0.2) is 0 Å². The van der Waals surface area contributed by atoms with Gasteiger partial charge in [-0.15, -0.1) is 0 Å². The zero-order valence-electron chi connectivity index (χ0n) is 10.4. The van der Waals surface area contributed by atoms with E-state index in [-0.39, 0.29) is 11.9 Å². The Labute approximate surface area is 115 Å². The van der Waals surface area contributed by atoms with Crippen LogP contribution < -0.4 is 5.32 Å². The number of aryl methyl sites for hydroxylation is 1. The van der Waals surface area contributed by atoms with E-state index in [2.05, 4.69) is 33.4 Å². The predicted octanol–water partition coefficient (Wildman–Crippen LogP) is 4.21. The lowest BCUT2D eigenvalue weighted by molar-refractivity contribution is 0.614. The second-order valence-electron chi connectivity index (χ2n) is 4.29. The van der Waals surface area contributed by atoms with Crippen LogP contribution in [-0.2, 0) is 0 Å². The maximum Gasteiger partial charge on any atom is 0.126 e. The SMILES string of the molecule is CNC(c1cccc(Br)c1)c1ccc(F)c(C)c1. The molecule has 0 aliphatic heterocycles. The molecule has 0 heterocycles. The highest BCUT2D eigenvalue weighted by Gasteiger charge is 2.13. The van der Waals surface area contributed by atoms with Crippen LogP contribution in [0.3, 0.4) is 0 Å². The summed E-state index contributed by atoms with van der Waals surface area (Å²) in [5, 5.41) is 3.27. The van der Waals surface area contributed by atoms with Crippen LogP contribution in [0.2, 0.25) is 0 Å². The summed E-state index contributed by atoms with van der Waals surface area (Å²) in [6, 6.07) is 13.4. The van der Waals surface area contributed by atoms with E-state index in [0.717, 1.165) is 15.6 Å². The summed E-state index contributed by atoms with van der Waals surface area (Å²) in [6.45, 7) is 1.78. The fourth-order valence-corrected chi connectivity index (χ4v) is 2.48. The molecule has 18 heavy (non-hydrogen) atoms. The minimum absolute atomic E-state index is 0.0711. The van der Waals surface area contributed by atoms with Gasteiger partial charge in [-0.25, -0.2) is 4.39 Å². The smallest absolute Gasteiger partial charge is 0.126 e. The van der Waals surface area contributed by atoms with Crippen molar-refractivity contribution in [3.63, 3.8) is 0 Å². The molecule has 0 bridgehead atoms. The quantitative estimate of drug-likeness (QED) is 0.896. The van der Waals surface area contributed by atoms with E-state index in [1.165, 1.54) is 6.07 Å². The van der Waals surface area contributed by atoms with Gasteiger partial charge < -0.3 is 5.32 Å². The minimum Gasteiger partial charge on any atom is -0.309 e. The molecule has 0 radical (unpaired) electrons. The Hall–Kier alpha value is -1.19. The van der Waals surface area contributed by atoms with Crippen molar-refractivity contribution < 1.29 is 4.39 Å². The van der Waals surface area contributed by atoms with Gasteiger partial charge in [-0.3, -0.25) is 0 Å². The molecule has 0 aromatic heterocycles. The molecular weight excluding hydrogens is 293 g/mol. The van der Waals surface area contributed by atoms with Crippen molar-refractivity contribution in [2.75, 3.05) is 7.05 Å². The van der Waals surface area contributed by atoms with Crippen molar-refractivity contribution in [1.82, 2.24) is 5.32 Å². The Bertz CT molecular complexity index is 554. The Morgan fingerprint density at radius 1 is 1.11 bits per heavy atom. The highest BCUT2D eigenvalue weighted by atomic mass is 79.9. The van der Waals surface area contributed by atoms with E-state index < -0.39 is 0 Å². The molecule has 0 aliphatic carbocycles. The molecule has 1 atom stereocenters. The summed E-state index contributed by atoms with van der Waals surface area (Å²) in [5.41, 5.74) is 2.88. The molecule has 1 N–H and O–H groups in total. The van der Waals surface area contributed by atoms with Gasteiger partial charge in [-0.2, -0.15) is 0 Å². The zero-order chi connectivity index (χ0) is 13.1. The van der Waals surface area contributed by atoms with Crippen molar-refractivity contribution >= 4 is 15.9 Å². The van der Waals surface area contributed by atoms with Crippen LogP contribution in [0.15, 0.2) is 46.9 Å². The van der Waals surface area contributed by atoms with Crippen LogP contribution in [0.1, 0.15) is 22.7 Å². The lowest BCUT2D eigenvalue weighted by Crippen LogP contribution is -2.17. The molecule has 2 aromatic rings. The van der Waals surface area contributed by atoms with Gasteiger partial charge >= 0.3 is 0 Å². The third kappa shape index (κ3) is 2.79. The summed E-state index contributed by atoms with van der Waals surface area (Å²) in [7, 11) is 1.91. The number of nitrogens with one attached hydrogen (secondary N) is 1. The van der Waals surface area contributed by atoms with Crippen molar-refractivity contribution in [3.8, 4) is 0 Å². The van der Waals surface area contributed by atoms with E-state index in [9.17, 15) is 4.39 Å². The van der Waals surface area contributed by atoms with Gasteiger partial charge in [0.1, 0.15) is 5.82 Å². The monoisotopic (exact) mass is 307 g/mol. The van der Waals surface area contributed by atoms with E-state index in [1.54, 1.807) is 6.92 Å². The number of halogens is 2. The molecule has 0 spiro atoms. The molecule has 0 fully saturated rings. The molecule has 0 saturated carbocycles. The average Bonchev–Trinajstić information content (AvgIpc) is 2.35. The Morgan fingerprint density at radius 3 is 2.44 bits per heavy atom. The topological polar surface area (TPSA) is 12.0 Å². The highest BCUT2D eigenvalue weighted by molar-refractivity contribution is 9.10. The zero-order valence-corrected chi connectivity index (χ0v) is 12.0. The number of hydrogen-bond donors (Lipinski definition) is 1. The molecule has 1 unspecified atom stereocenters. The first kappa shape index (κ1) is 13.2. The number of benzene rings is 2. The van der Waals surface area contributed by atoms with E-state index >= 15 is 0 Å². The standard InChI is InChI=1S/C15H15BrFN/c1-10-8-12(6-7-14(10)17)15(18-2)11-4-3-5-13(16)9-11/h3-9,15,18H,1-2H3. The largest absolute Gasteiger partial charge is 0.309 e. The molecular formula is C15H15BrFN. The van der Waals surface area contributed by atoms with Crippen LogP contribution in [-0.4, -0.2) is 7.05 Å². The average molecular weight is 308 g/mol. The van der Waals surface area contributed by atoms with Gasteiger partial charge in [0, 0.05) is 4.47 Å². The summed E-state index contributed by atoms with van der Waals surface area (Å²) in [6.07, 6.45) is 0. The van der Waals surface area contributed by atoms with Crippen molar-refractivity contribution in [2.45, 2.75) is 13.0 Å². The third-order valence-electron chi connectivity index (χ3n) is 2.99. The first-order valence-electron chi connectivity index (χ1n) is 5.80. The molecule has 3 heteroatoms. The van der Waals surface area contributed by atoms with E-state index in [0.29, 0.717) is 5.56 Å². The fourth-order valence-electron chi connectivity index (χ4n) is 2.06. The second kappa shape index (κ2) is 5.63. The maximum absolute atomic E-state index is 13.3. The molecule has 0 saturated heterocycles. The van der Waals surface area contributed by atoms with Crippen LogP contribution in [0, 0.1) is 12.7 Å². The minimum atomic E-state index is -0.164. The summed E-state index contributed by atoms with van der Waals surface area (Å²) in [5.74, 6) is -0.164. The number of hydrogen-bond acceptors (Lipinski definition) is 1. The van der Waals surface area contributed by atoms with Gasteiger partial charge in [0.2, 0.25) is 0 Å². The van der Waals surface area contributed by atoms with E-state index in [4.69, 9.17) is 0 Å².